The highest BCUT2D eigenvalue weighted by molar-refractivity contribution is 5.15. The van der Waals surface area contributed by atoms with Crippen LogP contribution in [0.3, 0.4) is 0 Å². The molecule has 0 aliphatic rings. The van der Waals surface area contributed by atoms with Crippen molar-refractivity contribution in [2.45, 2.75) is 6.23 Å². The number of benzene rings is 1. The predicted octanol–water partition coefficient (Wildman–Crippen LogP) is 0.852. The molecule has 1 unspecified atom stereocenters. The molecular formula is C7H8N2O3. The molecule has 5 heteroatoms. The molecule has 0 aromatic heterocycles. The quantitative estimate of drug-likeness (QED) is 0.412. The molecule has 1 atom stereocenters. The lowest BCUT2D eigenvalue weighted by Gasteiger charge is -2.05. The van der Waals surface area contributed by atoms with Gasteiger partial charge in [-0.25, -0.2) is 10.7 Å². The van der Waals surface area contributed by atoms with E-state index < -0.39 is 11.2 Å². The summed E-state index contributed by atoms with van der Waals surface area (Å²) in [4.78, 5) is 13.9. The third-order valence-electron chi connectivity index (χ3n) is 1.41. The second kappa shape index (κ2) is 3.80. The fourth-order valence-corrected chi connectivity index (χ4v) is 0.868. The van der Waals surface area contributed by atoms with Crippen molar-refractivity contribution in [3.05, 3.63) is 46.0 Å². The Kier molecular flexibility index (Phi) is 2.73. The molecule has 0 aliphatic carbocycles. The Labute approximate surface area is 68.9 Å². The molecule has 12 heavy (non-hydrogen) atoms. The van der Waals surface area contributed by atoms with Crippen LogP contribution >= 0.6 is 0 Å². The number of nitrogens with two attached hydrogens (primary N) is 1. The van der Waals surface area contributed by atoms with Crippen molar-refractivity contribution >= 4 is 0 Å². The van der Waals surface area contributed by atoms with Crippen LogP contribution in [0.5, 0.6) is 0 Å². The highest BCUT2D eigenvalue weighted by Gasteiger charge is 2.21. The van der Waals surface area contributed by atoms with Crippen molar-refractivity contribution in [2.24, 2.45) is 5.90 Å². The summed E-state index contributed by atoms with van der Waals surface area (Å²) in [5.41, 5.74) is 0.435. The fraction of sp³-hybridized carbons (Fsp3) is 0.143. The second-order valence-electron chi connectivity index (χ2n) is 2.18. The SMILES string of the molecule is NOC(c1ccccc1)[N+](=O)[O-]. The average molecular weight is 168 g/mol. The van der Waals surface area contributed by atoms with Crippen molar-refractivity contribution in [3.8, 4) is 0 Å². The Bertz CT molecular complexity index is 263. The van der Waals surface area contributed by atoms with Gasteiger partial charge >= 0.3 is 6.23 Å². The molecule has 1 rings (SSSR count). The lowest BCUT2D eigenvalue weighted by molar-refractivity contribution is -0.585. The Morgan fingerprint density at radius 2 is 2.00 bits per heavy atom. The minimum absolute atomic E-state index is 0.435. The van der Waals surface area contributed by atoms with Crippen molar-refractivity contribution in [2.75, 3.05) is 0 Å². The molecule has 0 spiro atoms. The van der Waals surface area contributed by atoms with Crippen LogP contribution in [-0.4, -0.2) is 4.92 Å². The Balaban J connectivity index is 2.88. The molecular weight excluding hydrogens is 160 g/mol. The lowest BCUT2D eigenvalue weighted by atomic mass is 10.2. The molecule has 0 fully saturated rings. The molecule has 1 aromatic carbocycles. The van der Waals surface area contributed by atoms with Crippen molar-refractivity contribution < 1.29 is 9.76 Å². The zero-order valence-electron chi connectivity index (χ0n) is 6.21. The van der Waals surface area contributed by atoms with Crippen LogP contribution in [0.4, 0.5) is 0 Å². The molecule has 64 valence electrons. The van der Waals surface area contributed by atoms with E-state index in [9.17, 15) is 10.1 Å². The van der Waals surface area contributed by atoms with Crippen molar-refractivity contribution in [3.63, 3.8) is 0 Å². The molecule has 0 saturated carbocycles. The van der Waals surface area contributed by atoms with E-state index in [2.05, 4.69) is 4.84 Å². The Morgan fingerprint density at radius 1 is 1.42 bits per heavy atom. The maximum absolute atomic E-state index is 10.3. The monoisotopic (exact) mass is 168 g/mol. The highest BCUT2D eigenvalue weighted by Crippen LogP contribution is 2.14. The first-order valence-corrected chi connectivity index (χ1v) is 3.29. The number of hydrogen-bond donors (Lipinski definition) is 1. The summed E-state index contributed by atoms with van der Waals surface area (Å²) >= 11 is 0. The molecule has 0 heterocycles. The van der Waals surface area contributed by atoms with Gasteiger partial charge in [0.15, 0.2) is 0 Å². The van der Waals surface area contributed by atoms with Gasteiger partial charge < -0.3 is 0 Å². The van der Waals surface area contributed by atoms with E-state index in [4.69, 9.17) is 5.90 Å². The molecule has 1 aromatic rings. The van der Waals surface area contributed by atoms with E-state index >= 15 is 0 Å². The third kappa shape index (κ3) is 1.77. The third-order valence-corrected chi connectivity index (χ3v) is 1.41. The van der Waals surface area contributed by atoms with Crippen LogP contribution in [0.25, 0.3) is 0 Å². The molecule has 0 saturated heterocycles. The van der Waals surface area contributed by atoms with Gasteiger partial charge in [-0.05, 0) is 12.1 Å². The Morgan fingerprint density at radius 3 is 2.42 bits per heavy atom. The van der Waals surface area contributed by atoms with Crippen LogP contribution in [0.15, 0.2) is 30.3 Å². The van der Waals surface area contributed by atoms with Gasteiger partial charge in [-0.1, -0.05) is 18.2 Å². The summed E-state index contributed by atoms with van der Waals surface area (Å²) in [7, 11) is 0. The van der Waals surface area contributed by atoms with Crippen LogP contribution in [0.2, 0.25) is 0 Å². The maximum atomic E-state index is 10.3. The zero-order valence-corrected chi connectivity index (χ0v) is 6.21. The van der Waals surface area contributed by atoms with E-state index in [0.717, 1.165) is 0 Å². The van der Waals surface area contributed by atoms with Crippen LogP contribution < -0.4 is 5.90 Å². The van der Waals surface area contributed by atoms with Crippen LogP contribution in [-0.2, 0) is 4.84 Å². The molecule has 0 radical (unpaired) electrons. The summed E-state index contributed by atoms with van der Waals surface area (Å²) in [6.07, 6.45) is -1.27. The summed E-state index contributed by atoms with van der Waals surface area (Å²) < 4.78 is 0. The van der Waals surface area contributed by atoms with E-state index in [1.54, 1.807) is 30.3 Å². The standard InChI is InChI=1S/C7H8N2O3/c8-12-7(9(10)11)6-4-2-1-3-5-6/h1-5,7H,8H2. The Hall–Kier alpha value is -1.46. The van der Waals surface area contributed by atoms with Gasteiger partial charge in [-0.15, -0.1) is 0 Å². The lowest BCUT2D eigenvalue weighted by Crippen LogP contribution is -2.17. The molecule has 0 aliphatic heterocycles. The minimum atomic E-state index is -1.27. The van der Waals surface area contributed by atoms with Crippen molar-refractivity contribution in [1.82, 2.24) is 0 Å². The van der Waals surface area contributed by atoms with E-state index in [1.807, 2.05) is 0 Å². The molecule has 0 amide bonds. The first kappa shape index (κ1) is 8.63. The van der Waals surface area contributed by atoms with E-state index in [1.165, 1.54) is 0 Å². The smallest absolute Gasteiger partial charge is 0.261 e. The largest absolute Gasteiger partial charge is 0.356 e. The summed E-state index contributed by atoms with van der Waals surface area (Å²) in [5, 5.41) is 10.3. The maximum Gasteiger partial charge on any atom is 0.356 e. The van der Waals surface area contributed by atoms with Gasteiger partial charge in [0, 0.05) is 0 Å². The zero-order chi connectivity index (χ0) is 8.97. The highest BCUT2D eigenvalue weighted by atomic mass is 16.7. The van der Waals surface area contributed by atoms with E-state index in [0.29, 0.717) is 5.56 Å². The van der Waals surface area contributed by atoms with Crippen LogP contribution in [0.1, 0.15) is 11.8 Å². The number of rotatable bonds is 3. The number of hydrogen-bond acceptors (Lipinski definition) is 4. The average Bonchev–Trinajstić information content (AvgIpc) is 2.07. The first-order chi connectivity index (χ1) is 5.75. The van der Waals surface area contributed by atoms with Gasteiger partial charge in [0.1, 0.15) is 0 Å². The second-order valence-corrected chi connectivity index (χ2v) is 2.18. The number of nitrogens with zero attached hydrogens (tertiary/aromatic N) is 1. The normalized spacial score (nSPS) is 12.4. The van der Waals surface area contributed by atoms with Gasteiger partial charge in [0.2, 0.25) is 0 Å². The predicted molar refractivity (Wildman–Crippen MR) is 41.4 cm³/mol. The minimum Gasteiger partial charge on any atom is -0.261 e. The summed E-state index contributed by atoms with van der Waals surface area (Å²) in [6, 6.07) is 8.30. The van der Waals surface area contributed by atoms with Gasteiger partial charge in [-0.2, -0.15) is 0 Å². The van der Waals surface area contributed by atoms with E-state index in [-0.39, 0.29) is 0 Å². The van der Waals surface area contributed by atoms with Crippen LogP contribution in [0, 0.1) is 10.1 Å². The van der Waals surface area contributed by atoms with Gasteiger partial charge in [0.25, 0.3) is 0 Å². The summed E-state index contributed by atoms with van der Waals surface area (Å²) in [5.74, 6) is 4.76. The van der Waals surface area contributed by atoms with Crippen molar-refractivity contribution in [1.29, 1.82) is 0 Å². The van der Waals surface area contributed by atoms with Gasteiger partial charge in [-0.3, -0.25) is 10.1 Å². The first-order valence-electron chi connectivity index (χ1n) is 3.29. The summed E-state index contributed by atoms with van der Waals surface area (Å²) in [6.45, 7) is 0. The molecule has 0 bridgehead atoms. The molecule has 2 N–H and O–H groups in total. The van der Waals surface area contributed by atoms with Gasteiger partial charge in [0.05, 0.1) is 10.5 Å². The fourth-order valence-electron chi connectivity index (χ4n) is 0.868. The number of nitro groups is 1. The molecule has 5 nitrogen and oxygen atoms in total. The topological polar surface area (TPSA) is 78.4 Å².